The zero-order chi connectivity index (χ0) is 23.7. The molecule has 5 nitrogen and oxygen atoms in total. The van der Waals surface area contributed by atoms with Crippen LogP contribution in [0.3, 0.4) is 0 Å². The van der Waals surface area contributed by atoms with Crippen LogP contribution in [0.1, 0.15) is 46.3 Å². The number of halogens is 4. The molecule has 2 N–H and O–H groups in total. The summed E-state index contributed by atoms with van der Waals surface area (Å²) in [6.45, 7) is 5.59. The summed E-state index contributed by atoms with van der Waals surface area (Å²) < 4.78 is 40.4. The van der Waals surface area contributed by atoms with Crippen LogP contribution in [-0.2, 0) is 11.3 Å². The molecule has 1 saturated heterocycles. The van der Waals surface area contributed by atoms with Gasteiger partial charge in [0, 0.05) is 30.7 Å². The van der Waals surface area contributed by atoms with E-state index >= 15 is 0 Å². The Morgan fingerprint density at radius 2 is 1.76 bits per heavy atom. The maximum absolute atomic E-state index is 13.6. The molecule has 4 rings (SSSR count). The van der Waals surface area contributed by atoms with Crippen molar-refractivity contribution >= 4 is 24.2 Å². The molecule has 184 valence electrons. The van der Waals surface area contributed by atoms with Crippen LogP contribution in [0.5, 0.6) is 0 Å². The number of piperidine rings is 1. The number of aryl methyl sites for hydroxylation is 1. The average Bonchev–Trinajstić information content (AvgIpc) is 3.63. The summed E-state index contributed by atoms with van der Waals surface area (Å²) in [5.74, 6) is -5.76. The van der Waals surface area contributed by atoms with Crippen LogP contribution in [-0.4, -0.2) is 41.9 Å². The van der Waals surface area contributed by atoms with Crippen molar-refractivity contribution in [2.24, 2.45) is 5.92 Å². The van der Waals surface area contributed by atoms with Gasteiger partial charge in [-0.15, -0.1) is 12.4 Å². The van der Waals surface area contributed by atoms with Gasteiger partial charge < -0.3 is 15.5 Å². The molecule has 1 aliphatic carbocycles. The van der Waals surface area contributed by atoms with Crippen molar-refractivity contribution in [1.82, 2.24) is 15.5 Å². The Morgan fingerprint density at radius 3 is 2.41 bits per heavy atom. The summed E-state index contributed by atoms with van der Waals surface area (Å²) in [5, 5.41) is 5.97. The minimum Gasteiger partial charge on any atom is -0.348 e. The third-order valence-corrected chi connectivity index (χ3v) is 6.69. The van der Waals surface area contributed by atoms with Crippen LogP contribution < -0.4 is 10.6 Å². The normalized spacial score (nSPS) is 19.8. The standard InChI is InChI=1S/C25H28F3N3O2.ClH/c1-14-4-3-5-16(15(14)2)13-31(18-6-7-18)25(33)19-12-29-9-8-22(19)30-24(32)17-10-20(26)23(28)21(27)11-17;/h3-5,10-11,18-19,22,29H,6-9,12-13H2,1-2H3,(H,30,32);1H. The van der Waals surface area contributed by atoms with Crippen molar-refractivity contribution in [2.45, 2.75) is 51.7 Å². The molecule has 2 aromatic rings. The second-order valence-corrected chi connectivity index (χ2v) is 8.99. The van der Waals surface area contributed by atoms with Crippen molar-refractivity contribution in [1.29, 1.82) is 0 Å². The fraction of sp³-hybridized carbons (Fsp3) is 0.440. The minimum absolute atomic E-state index is 0. The molecule has 0 bridgehead atoms. The highest BCUT2D eigenvalue weighted by atomic mass is 35.5. The number of hydrogen-bond acceptors (Lipinski definition) is 3. The van der Waals surface area contributed by atoms with Gasteiger partial charge in [-0.05, 0) is 68.5 Å². The number of nitrogens with zero attached hydrogens (tertiary/aromatic N) is 1. The summed E-state index contributed by atoms with van der Waals surface area (Å²) in [7, 11) is 0. The lowest BCUT2D eigenvalue weighted by Crippen LogP contribution is -2.55. The maximum atomic E-state index is 13.6. The lowest BCUT2D eigenvalue weighted by atomic mass is 9.91. The molecule has 1 saturated carbocycles. The van der Waals surface area contributed by atoms with E-state index in [1.807, 2.05) is 36.9 Å². The maximum Gasteiger partial charge on any atom is 0.251 e. The monoisotopic (exact) mass is 495 g/mol. The van der Waals surface area contributed by atoms with Crippen molar-refractivity contribution < 1.29 is 22.8 Å². The predicted octanol–water partition coefficient (Wildman–Crippen LogP) is 4.04. The van der Waals surface area contributed by atoms with E-state index in [4.69, 9.17) is 0 Å². The highest BCUT2D eigenvalue weighted by Gasteiger charge is 2.40. The van der Waals surface area contributed by atoms with E-state index in [0.717, 1.165) is 24.0 Å². The van der Waals surface area contributed by atoms with Crippen molar-refractivity contribution in [3.8, 4) is 0 Å². The molecule has 2 atom stereocenters. The van der Waals surface area contributed by atoms with Gasteiger partial charge in [-0.25, -0.2) is 13.2 Å². The predicted molar refractivity (Wildman–Crippen MR) is 125 cm³/mol. The Labute approximate surface area is 203 Å². The molecule has 34 heavy (non-hydrogen) atoms. The number of carbonyl (C=O) groups excluding carboxylic acids is 2. The molecule has 0 aromatic heterocycles. The van der Waals surface area contributed by atoms with Crippen LogP contribution in [0.25, 0.3) is 0 Å². The van der Waals surface area contributed by atoms with E-state index in [1.165, 1.54) is 5.56 Å². The average molecular weight is 496 g/mol. The smallest absolute Gasteiger partial charge is 0.251 e. The summed E-state index contributed by atoms with van der Waals surface area (Å²) in [5.41, 5.74) is 3.10. The van der Waals surface area contributed by atoms with Crippen LogP contribution in [0, 0.1) is 37.2 Å². The molecule has 2 amide bonds. The Bertz CT molecular complexity index is 1050. The van der Waals surface area contributed by atoms with Gasteiger partial charge in [-0.2, -0.15) is 0 Å². The van der Waals surface area contributed by atoms with Gasteiger partial charge in [0.05, 0.1) is 5.92 Å². The molecule has 0 radical (unpaired) electrons. The molecule has 2 aromatic carbocycles. The summed E-state index contributed by atoms with van der Waals surface area (Å²) in [4.78, 5) is 28.2. The highest BCUT2D eigenvalue weighted by Crippen LogP contribution is 2.32. The summed E-state index contributed by atoms with van der Waals surface area (Å²) in [6, 6.07) is 7.07. The van der Waals surface area contributed by atoms with Crippen molar-refractivity contribution in [3.63, 3.8) is 0 Å². The van der Waals surface area contributed by atoms with E-state index in [-0.39, 0.29) is 29.9 Å². The number of carbonyl (C=O) groups is 2. The lowest BCUT2D eigenvalue weighted by Gasteiger charge is -2.36. The fourth-order valence-corrected chi connectivity index (χ4v) is 4.38. The Balaban J connectivity index is 0.00000324. The molecule has 1 heterocycles. The molecule has 0 spiro atoms. The quantitative estimate of drug-likeness (QED) is 0.595. The summed E-state index contributed by atoms with van der Waals surface area (Å²) in [6.07, 6.45) is 2.39. The molecule has 2 fully saturated rings. The van der Waals surface area contributed by atoms with E-state index in [0.29, 0.717) is 38.2 Å². The first kappa shape index (κ1) is 26.0. The van der Waals surface area contributed by atoms with E-state index in [1.54, 1.807) is 0 Å². The number of amides is 2. The van der Waals surface area contributed by atoms with Crippen LogP contribution in [0.4, 0.5) is 13.2 Å². The molecular formula is C25H29ClF3N3O2. The van der Waals surface area contributed by atoms with Gasteiger partial charge in [-0.3, -0.25) is 9.59 Å². The van der Waals surface area contributed by atoms with Gasteiger partial charge in [0.2, 0.25) is 5.91 Å². The molecule has 2 unspecified atom stereocenters. The fourth-order valence-electron chi connectivity index (χ4n) is 4.38. The number of rotatable bonds is 6. The van der Waals surface area contributed by atoms with Gasteiger partial charge in [-0.1, -0.05) is 18.2 Å². The molecular weight excluding hydrogens is 467 g/mol. The molecule has 9 heteroatoms. The van der Waals surface area contributed by atoms with Crippen LogP contribution >= 0.6 is 12.4 Å². The Kier molecular flexibility index (Phi) is 8.25. The Morgan fingerprint density at radius 1 is 1.09 bits per heavy atom. The van der Waals surface area contributed by atoms with E-state index in [2.05, 4.69) is 10.6 Å². The third-order valence-electron chi connectivity index (χ3n) is 6.69. The second kappa shape index (κ2) is 10.8. The van der Waals surface area contributed by atoms with Crippen LogP contribution in [0.15, 0.2) is 30.3 Å². The minimum atomic E-state index is -1.62. The number of hydrogen-bond donors (Lipinski definition) is 2. The zero-order valence-electron chi connectivity index (χ0n) is 19.2. The summed E-state index contributed by atoms with van der Waals surface area (Å²) >= 11 is 0. The first-order valence-electron chi connectivity index (χ1n) is 11.3. The number of nitrogens with one attached hydrogen (secondary N) is 2. The SMILES string of the molecule is Cc1cccc(CN(C(=O)C2CNCCC2NC(=O)c2cc(F)c(F)c(F)c2)C2CC2)c1C.Cl. The zero-order valence-corrected chi connectivity index (χ0v) is 20.0. The largest absolute Gasteiger partial charge is 0.348 e. The van der Waals surface area contributed by atoms with E-state index in [9.17, 15) is 22.8 Å². The first-order chi connectivity index (χ1) is 15.8. The van der Waals surface area contributed by atoms with Gasteiger partial charge in [0.1, 0.15) is 0 Å². The Hall–Kier alpha value is -2.58. The lowest BCUT2D eigenvalue weighted by molar-refractivity contribution is -0.138. The molecule has 2 aliphatic rings. The molecule has 1 aliphatic heterocycles. The third kappa shape index (κ3) is 5.55. The first-order valence-corrected chi connectivity index (χ1v) is 11.3. The van der Waals surface area contributed by atoms with Crippen molar-refractivity contribution in [2.75, 3.05) is 13.1 Å². The van der Waals surface area contributed by atoms with Crippen LogP contribution in [0.2, 0.25) is 0 Å². The van der Waals surface area contributed by atoms with E-state index < -0.39 is 35.3 Å². The topological polar surface area (TPSA) is 61.4 Å². The van der Waals surface area contributed by atoms with Gasteiger partial charge in [0.25, 0.3) is 5.91 Å². The highest BCUT2D eigenvalue weighted by molar-refractivity contribution is 5.95. The number of benzene rings is 2. The van der Waals surface area contributed by atoms with Gasteiger partial charge >= 0.3 is 0 Å². The van der Waals surface area contributed by atoms with Crippen molar-refractivity contribution in [3.05, 3.63) is 70.0 Å². The van der Waals surface area contributed by atoms with Gasteiger partial charge in [0.15, 0.2) is 17.5 Å². The second-order valence-electron chi connectivity index (χ2n) is 8.99.